The van der Waals surface area contributed by atoms with Gasteiger partial charge in [-0.1, -0.05) is 32.4 Å². The Balaban J connectivity index is 2.40. The van der Waals surface area contributed by atoms with Crippen LogP contribution < -0.4 is 11.3 Å². The number of amides is 1. The zero-order chi connectivity index (χ0) is 12.7. The van der Waals surface area contributed by atoms with Crippen LogP contribution in [0, 0.1) is 11.8 Å². The van der Waals surface area contributed by atoms with Gasteiger partial charge in [-0.25, -0.2) is 5.84 Å². The molecule has 3 N–H and O–H groups in total. The van der Waals surface area contributed by atoms with Crippen LogP contribution in [0.3, 0.4) is 0 Å². The van der Waals surface area contributed by atoms with Gasteiger partial charge in [0.2, 0.25) is 0 Å². The molecule has 0 aliphatic heterocycles. The van der Waals surface area contributed by atoms with Crippen molar-refractivity contribution in [3.63, 3.8) is 0 Å². The van der Waals surface area contributed by atoms with Crippen LogP contribution in [0.2, 0.25) is 0 Å². The first kappa shape index (κ1) is 14.2. The SMILES string of the molecule is CCCC(OCC1CC=CCC1C)C(=O)NN. The lowest BCUT2D eigenvalue weighted by Crippen LogP contribution is -2.41. The van der Waals surface area contributed by atoms with Crippen LogP contribution in [0.4, 0.5) is 0 Å². The van der Waals surface area contributed by atoms with E-state index in [1.54, 1.807) is 0 Å². The molecule has 0 saturated carbocycles. The number of rotatable bonds is 6. The summed E-state index contributed by atoms with van der Waals surface area (Å²) in [5, 5.41) is 0. The molecule has 4 heteroatoms. The van der Waals surface area contributed by atoms with E-state index in [9.17, 15) is 4.79 Å². The van der Waals surface area contributed by atoms with Crippen molar-refractivity contribution in [3.8, 4) is 0 Å². The molecular formula is C13H24N2O2. The van der Waals surface area contributed by atoms with Crippen LogP contribution in [-0.4, -0.2) is 18.6 Å². The van der Waals surface area contributed by atoms with Crippen molar-refractivity contribution in [1.29, 1.82) is 0 Å². The third-order valence-corrected chi connectivity index (χ3v) is 3.42. The van der Waals surface area contributed by atoms with E-state index in [-0.39, 0.29) is 5.91 Å². The minimum atomic E-state index is -0.400. The summed E-state index contributed by atoms with van der Waals surface area (Å²) >= 11 is 0. The predicted molar refractivity (Wildman–Crippen MR) is 68.0 cm³/mol. The highest BCUT2D eigenvalue weighted by atomic mass is 16.5. The number of carbonyl (C=O) groups is 1. The Bertz CT molecular complexity index is 266. The first-order chi connectivity index (χ1) is 8.19. The molecule has 0 saturated heterocycles. The Morgan fingerprint density at radius 3 is 2.82 bits per heavy atom. The monoisotopic (exact) mass is 240 g/mol. The molecule has 1 rings (SSSR count). The van der Waals surface area contributed by atoms with Crippen molar-refractivity contribution in [3.05, 3.63) is 12.2 Å². The van der Waals surface area contributed by atoms with Crippen molar-refractivity contribution >= 4 is 5.91 Å². The lowest BCUT2D eigenvalue weighted by Gasteiger charge is -2.26. The number of allylic oxidation sites excluding steroid dienone is 2. The molecule has 1 amide bonds. The van der Waals surface area contributed by atoms with Crippen molar-refractivity contribution in [2.45, 2.75) is 45.6 Å². The molecule has 98 valence electrons. The highest BCUT2D eigenvalue weighted by molar-refractivity contribution is 5.80. The van der Waals surface area contributed by atoms with E-state index < -0.39 is 6.10 Å². The molecule has 0 aromatic rings. The molecule has 1 aliphatic carbocycles. The van der Waals surface area contributed by atoms with E-state index in [2.05, 4.69) is 24.5 Å². The van der Waals surface area contributed by atoms with Crippen LogP contribution in [0.5, 0.6) is 0 Å². The topological polar surface area (TPSA) is 64.3 Å². The van der Waals surface area contributed by atoms with Gasteiger partial charge in [-0.3, -0.25) is 10.2 Å². The lowest BCUT2D eigenvalue weighted by atomic mass is 9.85. The average molecular weight is 240 g/mol. The summed E-state index contributed by atoms with van der Waals surface area (Å²) in [4.78, 5) is 11.5. The van der Waals surface area contributed by atoms with Crippen LogP contribution in [0.15, 0.2) is 12.2 Å². The van der Waals surface area contributed by atoms with Gasteiger partial charge in [0.25, 0.3) is 5.91 Å². The number of nitrogens with two attached hydrogens (primary N) is 1. The number of nitrogens with one attached hydrogen (secondary N) is 1. The van der Waals surface area contributed by atoms with Crippen molar-refractivity contribution < 1.29 is 9.53 Å². The Labute approximate surface area is 104 Å². The van der Waals surface area contributed by atoms with Gasteiger partial charge in [0.15, 0.2) is 0 Å². The fraction of sp³-hybridized carbons (Fsp3) is 0.769. The van der Waals surface area contributed by atoms with Crippen LogP contribution in [-0.2, 0) is 9.53 Å². The van der Waals surface area contributed by atoms with Gasteiger partial charge in [0.1, 0.15) is 6.10 Å². The highest BCUT2D eigenvalue weighted by Crippen LogP contribution is 2.25. The lowest BCUT2D eigenvalue weighted by molar-refractivity contribution is -0.134. The average Bonchev–Trinajstić information content (AvgIpc) is 2.35. The number of ether oxygens (including phenoxy) is 1. The predicted octanol–water partition coefficient (Wildman–Crippen LogP) is 1.76. The van der Waals surface area contributed by atoms with Crippen molar-refractivity contribution in [2.75, 3.05) is 6.61 Å². The smallest absolute Gasteiger partial charge is 0.262 e. The summed E-state index contributed by atoms with van der Waals surface area (Å²) in [5.74, 6) is 6.08. The normalized spacial score (nSPS) is 25.6. The van der Waals surface area contributed by atoms with Crippen LogP contribution in [0.25, 0.3) is 0 Å². The van der Waals surface area contributed by atoms with Gasteiger partial charge >= 0.3 is 0 Å². The van der Waals surface area contributed by atoms with Crippen molar-refractivity contribution in [1.82, 2.24) is 5.43 Å². The molecule has 17 heavy (non-hydrogen) atoms. The second-order valence-corrected chi connectivity index (χ2v) is 4.80. The molecule has 3 atom stereocenters. The van der Waals surface area contributed by atoms with Crippen molar-refractivity contribution in [2.24, 2.45) is 17.7 Å². The molecular weight excluding hydrogens is 216 g/mol. The number of hydrogen-bond acceptors (Lipinski definition) is 3. The Morgan fingerprint density at radius 1 is 1.53 bits per heavy atom. The van der Waals surface area contributed by atoms with E-state index in [0.717, 1.165) is 25.7 Å². The molecule has 0 bridgehead atoms. The zero-order valence-corrected chi connectivity index (χ0v) is 10.8. The van der Waals surface area contributed by atoms with E-state index in [0.29, 0.717) is 18.4 Å². The molecule has 0 aromatic carbocycles. The maximum absolute atomic E-state index is 11.5. The Morgan fingerprint density at radius 2 is 2.24 bits per heavy atom. The fourth-order valence-electron chi connectivity index (χ4n) is 2.12. The Hall–Kier alpha value is -0.870. The molecule has 0 radical (unpaired) electrons. The van der Waals surface area contributed by atoms with E-state index in [1.165, 1.54) is 0 Å². The Kier molecular flexibility index (Phi) is 6.22. The molecule has 1 aliphatic rings. The molecule has 0 fully saturated rings. The minimum Gasteiger partial charge on any atom is -0.368 e. The summed E-state index contributed by atoms with van der Waals surface area (Å²) in [6.45, 7) is 4.91. The van der Waals surface area contributed by atoms with Crippen LogP contribution >= 0.6 is 0 Å². The largest absolute Gasteiger partial charge is 0.368 e. The number of hydrogen-bond donors (Lipinski definition) is 2. The minimum absolute atomic E-state index is 0.217. The standard InChI is InChI=1S/C13H24N2O2/c1-3-6-12(13(16)15-14)17-9-11-8-5-4-7-10(11)2/h4-5,10-12H,3,6-9,14H2,1-2H3,(H,15,16). The van der Waals surface area contributed by atoms with Gasteiger partial charge in [-0.15, -0.1) is 0 Å². The van der Waals surface area contributed by atoms with Gasteiger partial charge < -0.3 is 4.74 Å². The van der Waals surface area contributed by atoms with Gasteiger partial charge in [0, 0.05) is 0 Å². The van der Waals surface area contributed by atoms with Gasteiger partial charge in [-0.05, 0) is 31.1 Å². The fourth-order valence-corrected chi connectivity index (χ4v) is 2.12. The van der Waals surface area contributed by atoms with E-state index in [1.807, 2.05) is 6.92 Å². The summed E-state index contributed by atoms with van der Waals surface area (Å²) in [7, 11) is 0. The van der Waals surface area contributed by atoms with E-state index >= 15 is 0 Å². The molecule has 3 unspecified atom stereocenters. The summed E-state index contributed by atoms with van der Waals surface area (Å²) in [6.07, 6.45) is 7.81. The second kappa shape index (κ2) is 7.45. The highest BCUT2D eigenvalue weighted by Gasteiger charge is 2.22. The van der Waals surface area contributed by atoms with Gasteiger partial charge in [0.05, 0.1) is 6.61 Å². The molecule has 4 nitrogen and oxygen atoms in total. The first-order valence-electron chi connectivity index (χ1n) is 6.46. The number of carbonyl (C=O) groups excluding carboxylic acids is 1. The van der Waals surface area contributed by atoms with E-state index in [4.69, 9.17) is 10.6 Å². The zero-order valence-electron chi connectivity index (χ0n) is 10.8. The molecule has 0 spiro atoms. The second-order valence-electron chi connectivity index (χ2n) is 4.80. The summed E-state index contributed by atoms with van der Waals surface area (Å²) < 4.78 is 5.72. The van der Waals surface area contributed by atoms with Crippen LogP contribution in [0.1, 0.15) is 39.5 Å². The first-order valence-corrected chi connectivity index (χ1v) is 6.46. The summed E-state index contributed by atoms with van der Waals surface area (Å²) in [5.41, 5.74) is 2.17. The third-order valence-electron chi connectivity index (χ3n) is 3.42. The maximum atomic E-state index is 11.5. The number of hydrazine groups is 1. The molecule has 0 aromatic heterocycles. The quantitative estimate of drug-likeness (QED) is 0.322. The van der Waals surface area contributed by atoms with Gasteiger partial charge in [-0.2, -0.15) is 0 Å². The third kappa shape index (κ3) is 4.48. The maximum Gasteiger partial charge on any atom is 0.262 e. The summed E-state index contributed by atoms with van der Waals surface area (Å²) in [6, 6.07) is 0. The molecule has 0 heterocycles.